The first kappa shape index (κ1) is 22.5. The van der Waals surface area contributed by atoms with Gasteiger partial charge in [-0.25, -0.2) is 4.98 Å². The number of aromatic nitrogens is 1. The van der Waals surface area contributed by atoms with Gasteiger partial charge in [0.2, 0.25) is 5.91 Å². The first-order valence-corrected chi connectivity index (χ1v) is 11.5. The summed E-state index contributed by atoms with van der Waals surface area (Å²) in [6, 6.07) is 14.7. The smallest absolute Gasteiger partial charge is 0.252 e. The lowest BCUT2D eigenvalue weighted by atomic mass is 9.85. The number of nitrogens with one attached hydrogen (secondary N) is 2. The third-order valence-corrected chi connectivity index (χ3v) is 5.89. The molecule has 0 spiro atoms. The van der Waals surface area contributed by atoms with E-state index in [9.17, 15) is 14.7 Å². The predicted octanol–water partition coefficient (Wildman–Crippen LogP) is 4.46. The molecule has 3 aromatic rings. The van der Waals surface area contributed by atoms with Crippen LogP contribution in [0.1, 0.15) is 59.8 Å². The molecule has 0 bridgehead atoms. The molecule has 0 radical (unpaired) electrons. The first-order chi connectivity index (χ1) is 16.1. The summed E-state index contributed by atoms with van der Waals surface area (Å²) in [5, 5.41) is 16.0. The number of fused-ring (bicyclic) bond motifs is 2. The number of amides is 2. The summed E-state index contributed by atoms with van der Waals surface area (Å²) in [4.78, 5) is 30.3. The van der Waals surface area contributed by atoms with E-state index in [0.717, 1.165) is 65.4 Å². The van der Waals surface area contributed by atoms with E-state index < -0.39 is 0 Å². The van der Waals surface area contributed by atoms with Crippen LogP contribution in [-0.2, 0) is 11.2 Å². The molecule has 2 aromatic carbocycles. The summed E-state index contributed by atoms with van der Waals surface area (Å²) in [5.41, 5.74) is 5.17. The van der Waals surface area contributed by atoms with Crippen molar-refractivity contribution in [3.05, 3.63) is 70.9 Å². The molecule has 6 nitrogen and oxygen atoms in total. The number of pyridine rings is 1. The van der Waals surface area contributed by atoms with Crippen LogP contribution in [0, 0.1) is 0 Å². The average Bonchev–Trinajstić information content (AvgIpc) is 2.83. The Morgan fingerprint density at radius 3 is 2.64 bits per heavy atom. The Balaban J connectivity index is 1.69. The third kappa shape index (κ3) is 5.22. The highest BCUT2D eigenvalue weighted by molar-refractivity contribution is 6.09. The molecule has 0 fully saturated rings. The minimum Gasteiger partial charge on any atom is -0.508 e. The molecule has 3 N–H and O–H groups in total. The molecule has 0 saturated carbocycles. The number of unbranched alkanes of at least 4 members (excludes halogenated alkanes) is 1. The Hall–Kier alpha value is -3.67. The largest absolute Gasteiger partial charge is 0.508 e. The zero-order chi connectivity index (χ0) is 23.2. The van der Waals surface area contributed by atoms with E-state index in [4.69, 9.17) is 4.98 Å². The summed E-state index contributed by atoms with van der Waals surface area (Å²) in [7, 11) is 0. The van der Waals surface area contributed by atoms with E-state index >= 15 is 0 Å². The molecule has 33 heavy (non-hydrogen) atoms. The number of aromatic hydroxyl groups is 1. The number of hydrogen-bond acceptors (Lipinski definition) is 4. The van der Waals surface area contributed by atoms with Gasteiger partial charge in [-0.1, -0.05) is 43.7 Å². The Morgan fingerprint density at radius 2 is 1.85 bits per heavy atom. The lowest BCUT2D eigenvalue weighted by molar-refractivity contribution is -0.120. The van der Waals surface area contributed by atoms with Crippen LogP contribution in [0.4, 0.5) is 0 Å². The van der Waals surface area contributed by atoms with E-state index in [-0.39, 0.29) is 24.1 Å². The highest BCUT2D eigenvalue weighted by atomic mass is 16.3. The maximum Gasteiger partial charge on any atom is 0.252 e. The van der Waals surface area contributed by atoms with Gasteiger partial charge in [0, 0.05) is 11.9 Å². The van der Waals surface area contributed by atoms with Crippen LogP contribution < -0.4 is 10.6 Å². The second-order valence-electron chi connectivity index (χ2n) is 8.33. The van der Waals surface area contributed by atoms with Crippen molar-refractivity contribution in [2.45, 2.75) is 39.0 Å². The van der Waals surface area contributed by atoms with Crippen LogP contribution >= 0.6 is 0 Å². The molecule has 2 amide bonds. The Morgan fingerprint density at radius 1 is 1.06 bits per heavy atom. The summed E-state index contributed by atoms with van der Waals surface area (Å²) >= 11 is 0. The number of hydrogen-bond donors (Lipinski definition) is 3. The molecular formula is C27H29N3O3. The minimum atomic E-state index is -0.249. The van der Waals surface area contributed by atoms with Crippen molar-refractivity contribution in [2.75, 3.05) is 13.1 Å². The maximum absolute atomic E-state index is 13.3. The fraction of sp³-hybridized carbons (Fsp3) is 0.296. The van der Waals surface area contributed by atoms with E-state index in [2.05, 4.69) is 23.6 Å². The second-order valence-corrected chi connectivity index (χ2v) is 8.33. The molecule has 0 atom stereocenters. The van der Waals surface area contributed by atoms with Crippen LogP contribution in [0.3, 0.4) is 0 Å². The highest BCUT2D eigenvalue weighted by Crippen LogP contribution is 2.36. The van der Waals surface area contributed by atoms with E-state index in [0.29, 0.717) is 12.1 Å². The second kappa shape index (κ2) is 10.3. The Bertz CT molecular complexity index is 1200. The number of carbonyl (C=O) groups is 2. The maximum atomic E-state index is 13.3. The Kier molecular flexibility index (Phi) is 7.03. The van der Waals surface area contributed by atoms with Crippen LogP contribution in [0.15, 0.2) is 48.5 Å². The summed E-state index contributed by atoms with van der Waals surface area (Å²) in [6.45, 7) is 2.63. The lowest BCUT2D eigenvalue weighted by Crippen LogP contribution is -2.37. The summed E-state index contributed by atoms with van der Waals surface area (Å²) < 4.78 is 0. The van der Waals surface area contributed by atoms with E-state index in [1.54, 1.807) is 12.1 Å². The van der Waals surface area contributed by atoms with Gasteiger partial charge >= 0.3 is 0 Å². The number of carbonyl (C=O) groups excluding carboxylic acids is 2. The third-order valence-electron chi connectivity index (χ3n) is 5.89. The number of para-hydroxylation sites is 1. The van der Waals surface area contributed by atoms with E-state index in [1.807, 2.05) is 36.4 Å². The number of rotatable bonds is 7. The predicted molar refractivity (Wildman–Crippen MR) is 131 cm³/mol. The minimum absolute atomic E-state index is 0.0514. The molecule has 0 unspecified atom stereocenters. The fourth-order valence-corrected chi connectivity index (χ4v) is 4.22. The molecule has 1 aliphatic rings. The lowest BCUT2D eigenvalue weighted by Gasteiger charge is -2.23. The van der Waals surface area contributed by atoms with Gasteiger partial charge in [0.1, 0.15) is 5.75 Å². The van der Waals surface area contributed by atoms with Gasteiger partial charge in [-0.2, -0.15) is 0 Å². The van der Waals surface area contributed by atoms with Crippen LogP contribution in [0.2, 0.25) is 0 Å². The number of allylic oxidation sites excluding steroid dienone is 1. The van der Waals surface area contributed by atoms with Gasteiger partial charge in [0.15, 0.2) is 0 Å². The molecule has 1 heterocycles. The highest BCUT2D eigenvalue weighted by Gasteiger charge is 2.25. The van der Waals surface area contributed by atoms with Gasteiger partial charge < -0.3 is 15.7 Å². The summed E-state index contributed by atoms with van der Waals surface area (Å²) in [6.07, 6.45) is 6.52. The van der Waals surface area contributed by atoms with Crippen LogP contribution in [0.25, 0.3) is 22.6 Å². The van der Waals surface area contributed by atoms with Crippen molar-refractivity contribution in [3.8, 4) is 5.75 Å². The van der Waals surface area contributed by atoms with Crippen LogP contribution in [-0.4, -0.2) is 35.0 Å². The van der Waals surface area contributed by atoms with Gasteiger partial charge in [-0.05, 0) is 66.7 Å². The van der Waals surface area contributed by atoms with Gasteiger partial charge in [-0.15, -0.1) is 0 Å². The van der Waals surface area contributed by atoms with E-state index in [1.165, 1.54) is 0 Å². The monoisotopic (exact) mass is 443 g/mol. The molecular weight excluding hydrogens is 414 g/mol. The number of phenols is 1. The quantitative estimate of drug-likeness (QED) is 0.470. The molecule has 6 heteroatoms. The molecule has 0 aliphatic heterocycles. The normalized spacial score (nSPS) is 14.2. The molecule has 4 rings (SSSR count). The molecule has 0 saturated heterocycles. The SMILES string of the molecule is CCCCNC(=O)CNC(=O)c1c2c(nc3ccccc13)C(=Cc1ccc(O)cc1)CCC2. The topological polar surface area (TPSA) is 91.3 Å². The number of benzene rings is 2. The molecule has 1 aromatic heterocycles. The summed E-state index contributed by atoms with van der Waals surface area (Å²) in [5.74, 6) is -0.207. The van der Waals surface area contributed by atoms with Crippen molar-refractivity contribution < 1.29 is 14.7 Å². The number of nitrogens with zero attached hydrogens (tertiary/aromatic N) is 1. The fourth-order valence-electron chi connectivity index (χ4n) is 4.22. The first-order valence-electron chi connectivity index (χ1n) is 11.5. The standard InChI is InChI=1S/C27H29N3O3/c1-2-3-15-28-24(32)17-29-27(33)25-21-8-4-5-10-23(21)30-26-19(7-6-9-22(25)26)16-18-11-13-20(31)14-12-18/h4-5,8,10-14,16,31H,2-3,6-7,9,15,17H2,1H3,(H,28,32)(H,29,33). The van der Waals surface area contributed by atoms with Crippen molar-refractivity contribution in [2.24, 2.45) is 0 Å². The van der Waals surface area contributed by atoms with Gasteiger partial charge in [-0.3, -0.25) is 9.59 Å². The number of phenolic OH excluding ortho intramolecular Hbond substituents is 1. The van der Waals surface area contributed by atoms with Crippen LogP contribution in [0.5, 0.6) is 5.75 Å². The Labute approximate surface area is 193 Å². The van der Waals surface area contributed by atoms with Crippen molar-refractivity contribution in [1.29, 1.82) is 0 Å². The van der Waals surface area contributed by atoms with Crippen molar-refractivity contribution in [3.63, 3.8) is 0 Å². The van der Waals surface area contributed by atoms with Gasteiger partial charge in [0.25, 0.3) is 5.91 Å². The average molecular weight is 444 g/mol. The van der Waals surface area contributed by atoms with Crippen molar-refractivity contribution >= 4 is 34.4 Å². The zero-order valence-corrected chi connectivity index (χ0v) is 18.9. The molecule has 170 valence electrons. The zero-order valence-electron chi connectivity index (χ0n) is 18.9. The van der Waals surface area contributed by atoms with Gasteiger partial charge in [0.05, 0.1) is 23.3 Å². The molecule has 1 aliphatic carbocycles. The van der Waals surface area contributed by atoms with Crippen molar-refractivity contribution in [1.82, 2.24) is 15.6 Å².